The third kappa shape index (κ3) is 4.11. The van der Waals surface area contributed by atoms with Gasteiger partial charge in [-0.1, -0.05) is 11.6 Å². The highest BCUT2D eigenvalue weighted by Gasteiger charge is 2.31. The first-order chi connectivity index (χ1) is 11.8. The third-order valence-electron chi connectivity index (χ3n) is 3.50. The van der Waals surface area contributed by atoms with Gasteiger partial charge in [-0.2, -0.15) is 13.2 Å². The van der Waals surface area contributed by atoms with Crippen LogP contribution >= 0.6 is 11.6 Å². The number of nitrogens with one attached hydrogen (secondary N) is 1. The summed E-state index contributed by atoms with van der Waals surface area (Å²) in [6.45, 7) is 0.169. The SMILES string of the molecule is Fc1ccc(-n2ccnc2CNc2cc(Cl)cc(C(F)(F)F)c2)cc1. The smallest absolute Gasteiger partial charge is 0.378 e. The van der Waals surface area contributed by atoms with Gasteiger partial charge in [0.15, 0.2) is 0 Å². The van der Waals surface area contributed by atoms with Crippen molar-refractivity contribution >= 4 is 17.3 Å². The number of imidazole rings is 1. The van der Waals surface area contributed by atoms with Crippen molar-refractivity contribution in [3.8, 4) is 5.69 Å². The molecule has 0 aliphatic heterocycles. The van der Waals surface area contributed by atoms with E-state index < -0.39 is 11.7 Å². The molecule has 0 spiro atoms. The molecule has 3 rings (SSSR count). The van der Waals surface area contributed by atoms with Gasteiger partial charge in [0.05, 0.1) is 12.1 Å². The number of alkyl halides is 3. The van der Waals surface area contributed by atoms with Gasteiger partial charge in [0.2, 0.25) is 0 Å². The Kier molecular flexibility index (Phi) is 4.67. The van der Waals surface area contributed by atoms with Gasteiger partial charge in [0, 0.05) is 28.8 Å². The lowest BCUT2D eigenvalue weighted by molar-refractivity contribution is -0.137. The topological polar surface area (TPSA) is 29.9 Å². The normalized spacial score (nSPS) is 11.6. The molecule has 0 saturated heterocycles. The number of rotatable bonds is 4. The number of halogens is 5. The molecule has 3 aromatic rings. The number of aromatic nitrogens is 2. The van der Waals surface area contributed by atoms with Crippen LogP contribution in [-0.4, -0.2) is 9.55 Å². The lowest BCUT2D eigenvalue weighted by Gasteiger charge is -2.13. The van der Waals surface area contributed by atoms with E-state index >= 15 is 0 Å². The van der Waals surface area contributed by atoms with Gasteiger partial charge in [-0.05, 0) is 42.5 Å². The Balaban J connectivity index is 1.80. The van der Waals surface area contributed by atoms with Crippen molar-refractivity contribution in [2.75, 3.05) is 5.32 Å². The van der Waals surface area contributed by atoms with Crippen molar-refractivity contribution in [3.05, 3.63) is 77.1 Å². The van der Waals surface area contributed by atoms with E-state index in [0.29, 0.717) is 11.5 Å². The van der Waals surface area contributed by atoms with Crippen molar-refractivity contribution in [2.24, 2.45) is 0 Å². The van der Waals surface area contributed by atoms with E-state index in [9.17, 15) is 17.6 Å². The third-order valence-corrected chi connectivity index (χ3v) is 3.72. The summed E-state index contributed by atoms with van der Waals surface area (Å²) in [7, 11) is 0. The van der Waals surface area contributed by atoms with E-state index in [1.54, 1.807) is 29.1 Å². The number of hydrogen-bond donors (Lipinski definition) is 1. The summed E-state index contributed by atoms with van der Waals surface area (Å²) in [6.07, 6.45) is -1.24. The average Bonchev–Trinajstić information content (AvgIpc) is 3.01. The Morgan fingerprint density at radius 1 is 1.08 bits per heavy atom. The van der Waals surface area contributed by atoms with Crippen LogP contribution in [0.1, 0.15) is 11.4 Å². The second kappa shape index (κ2) is 6.76. The standard InChI is InChI=1S/C17H12ClF4N3/c18-12-7-11(17(20,21)22)8-14(9-12)24-10-16-23-5-6-25(16)15-3-1-13(19)2-4-15/h1-9,24H,10H2. The van der Waals surface area contributed by atoms with Gasteiger partial charge in [-0.15, -0.1) is 0 Å². The van der Waals surface area contributed by atoms with E-state index in [-0.39, 0.29) is 23.1 Å². The number of benzene rings is 2. The highest BCUT2D eigenvalue weighted by atomic mass is 35.5. The Hall–Kier alpha value is -2.54. The van der Waals surface area contributed by atoms with Crippen molar-refractivity contribution in [2.45, 2.75) is 12.7 Å². The van der Waals surface area contributed by atoms with Crippen LogP contribution in [0.15, 0.2) is 54.9 Å². The van der Waals surface area contributed by atoms with E-state index in [1.807, 2.05) is 0 Å². The fourth-order valence-electron chi connectivity index (χ4n) is 2.34. The van der Waals surface area contributed by atoms with Crippen molar-refractivity contribution in [1.82, 2.24) is 9.55 Å². The first-order valence-electron chi connectivity index (χ1n) is 7.23. The molecular weight excluding hydrogens is 358 g/mol. The van der Waals surface area contributed by atoms with Crippen molar-refractivity contribution in [1.29, 1.82) is 0 Å². The molecule has 0 amide bonds. The monoisotopic (exact) mass is 369 g/mol. The van der Waals surface area contributed by atoms with Crippen LogP contribution < -0.4 is 5.32 Å². The first-order valence-corrected chi connectivity index (χ1v) is 7.60. The Morgan fingerprint density at radius 2 is 1.80 bits per heavy atom. The summed E-state index contributed by atoms with van der Waals surface area (Å²) in [4.78, 5) is 4.18. The van der Waals surface area contributed by atoms with Crippen LogP contribution in [0.3, 0.4) is 0 Å². The predicted molar refractivity (Wildman–Crippen MR) is 87.3 cm³/mol. The minimum atomic E-state index is -4.48. The maximum Gasteiger partial charge on any atom is 0.416 e. The van der Waals surface area contributed by atoms with Gasteiger partial charge in [0.25, 0.3) is 0 Å². The summed E-state index contributed by atoms with van der Waals surface area (Å²) in [5, 5.41) is 2.87. The molecule has 0 atom stereocenters. The van der Waals surface area contributed by atoms with Crippen LogP contribution in [0.25, 0.3) is 5.69 Å². The molecule has 1 heterocycles. The Bertz CT molecular complexity index is 872. The largest absolute Gasteiger partial charge is 0.416 e. The molecule has 8 heteroatoms. The van der Waals surface area contributed by atoms with Gasteiger partial charge >= 0.3 is 6.18 Å². The first kappa shape index (κ1) is 17.3. The zero-order chi connectivity index (χ0) is 18.0. The highest BCUT2D eigenvalue weighted by Crippen LogP contribution is 2.33. The summed E-state index contributed by atoms with van der Waals surface area (Å²) >= 11 is 5.76. The maximum atomic E-state index is 13.0. The molecule has 0 saturated carbocycles. The van der Waals surface area contributed by atoms with Crippen LogP contribution in [0.2, 0.25) is 5.02 Å². The predicted octanol–water partition coefficient (Wildman–Crippen LogP) is 5.30. The summed E-state index contributed by atoms with van der Waals surface area (Å²) in [6, 6.07) is 9.06. The van der Waals surface area contributed by atoms with E-state index in [0.717, 1.165) is 12.1 Å². The fourth-order valence-corrected chi connectivity index (χ4v) is 2.57. The maximum absolute atomic E-state index is 13.0. The number of anilines is 1. The van der Waals surface area contributed by atoms with E-state index in [4.69, 9.17) is 11.6 Å². The van der Waals surface area contributed by atoms with E-state index in [1.165, 1.54) is 18.2 Å². The minimum absolute atomic E-state index is 0.0146. The molecule has 0 aliphatic rings. The van der Waals surface area contributed by atoms with Gasteiger partial charge < -0.3 is 9.88 Å². The molecule has 3 nitrogen and oxygen atoms in total. The molecule has 0 radical (unpaired) electrons. The molecular formula is C17H12ClF4N3. The zero-order valence-electron chi connectivity index (χ0n) is 12.7. The Morgan fingerprint density at radius 3 is 2.48 bits per heavy atom. The van der Waals surface area contributed by atoms with E-state index in [2.05, 4.69) is 10.3 Å². The molecule has 1 aromatic heterocycles. The molecule has 0 bridgehead atoms. The molecule has 1 N–H and O–H groups in total. The van der Waals surface area contributed by atoms with Crippen molar-refractivity contribution in [3.63, 3.8) is 0 Å². The average molecular weight is 370 g/mol. The second-order valence-electron chi connectivity index (χ2n) is 5.27. The van der Waals surface area contributed by atoms with Gasteiger partial charge in [-0.25, -0.2) is 9.37 Å². The van der Waals surface area contributed by atoms with Crippen LogP contribution in [0.4, 0.5) is 23.2 Å². The lowest BCUT2D eigenvalue weighted by Crippen LogP contribution is -2.09. The van der Waals surface area contributed by atoms with Gasteiger partial charge in [-0.3, -0.25) is 0 Å². The van der Waals surface area contributed by atoms with Crippen LogP contribution in [0, 0.1) is 5.82 Å². The molecule has 130 valence electrons. The quantitative estimate of drug-likeness (QED) is 0.633. The highest BCUT2D eigenvalue weighted by molar-refractivity contribution is 6.30. The Labute approximate surface area is 145 Å². The summed E-state index contributed by atoms with van der Waals surface area (Å²) in [5.74, 6) is 0.197. The van der Waals surface area contributed by atoms with Crippen LogP contribution in [-0.2, 0) is 12.7 Å². The molecule has 25 heavy (non-hydrogen) atoms. The van der Waals surface area contributed by atoms with Crippen LogP contribution in [0.5, 0.6) is 0 Å². The summed E-state index contributed by atoms with van der Waals surface area (Å²) in [5.41, 5.74) is 0.0932. The molecule has 0 fully saturated rings. The lowest BCUT2D eigenvalue weighted by atomic mass is 10.2. The number of nitrogens with zero attached hydrogens (tertiary/aromatic N) is 2. The van der Waals surface area contributed by atoms with Crippen molar-refractivity contribution < 1.29 is 17.6 Å². The van der Waals surface area contributed by atoms with Gasteiger partial charge in [0.1, 0.15) is 11.6 Å². The molecule has 0 aliphatic carbocycles. The molecule has 2 aromatic carbocycles. The zero-order valence-corrected chi connectivity index (χ0v) is 13.4. The molecule has 0 unspecified atom stereocenters. The number of hydrogen-bond acceptors (Lipinski definition) is 2. The summed E-state index contributed by atoms with van der Waals surface area (Å²) < 4.78 is 53.3. The fraction of sp³-hybridized carbons (Fsp3) is 0.118. The second-order valence-corrected chi connectivity index (χ2v) is 5.71. The minimum Gasteiger partial charge on any atom is -0.378 e.